The van der Waals surface area contributed by atoms with Crippen LogP contribution < -0.4 is 5.32 Å². The zero-order valence-corrected chi connectivity index (χ0v) is 11.6. The molecule has 0 spiro atoms. The van der Waals surface area contributed by atoms with Crippen molar-refractivity contribution in [3.05, 3.63) is 70.8 Å². The number of hydrogen-bond donors (Lipinski definition) is 1. The summed E-state index contributed by atoms with van der Waals surface area (Å²) < 4.78 is 0. The normalized spacial score (nSPS) is 10.5. The molecule has 0 unspecified atom stereocenters. The highest BCUT2D eigenvalue weighted by Gasteiger charge is 2.21. The van der Waals surface area contributed by atoms with E-state index in [1.165, 1.54) is 11.1 Å². The minimum absolute atomic E-state index is 0.0210. The second kappa shape index (κ2) is 5.70. The summed E-state index contributed by atoms with van der Waals surface area (Å²) in [5.41, 5.74) is 4.44. The largest absolute Gasteiger partial charge is 0.358 e. The molecule has 0 aliphatic heterocycles. The third-order valence-electron chi connectivity index (χ3n) is 3.33. The number of carbonyl (C=O) groups is 1. The summed E-state index contributed by atoms with van der Waals surface area (Å²) in [6.07, 6.45) is 0. The molecule has 1 N–H and O–H groups in total. The molecule has 2 aromatic carbocycles. The fourth-order valence-electron chi connectivity index (χ4n) is 2.16. The van der Waals surface area contributed by atoms with Gasteiger partial charge in [-0.05, 0) is 25.0 Å². The van der Waals surface area contributed by atoms with Gasteiger partial charge in [0.1, 0.15) is 0 Å². The number of rotatable bonds is 3. The first-order chi connectivity index (χ1) is 9.11. The molecule has 0 saturated heterocycles. The van der Waals surface area contributed by atoms with Gasteiger partial charge in [0.15, 0.2) is 0 Å². The lowest BCUT2D eigenvalue weighted by Gasteiger charge is -2.17. The summed E-state index contributed by atoms with van der Waals surface area (Å²) in [7, 11) is 1.68. The van der Waals surface area contributed by atoms with Gasteiger partial charge in [0.25, 0.3) is 0 Å². The van der Waals surface area contributed by atoms with Gasteiger partial charge in [0.2, 0.25) is 5.91 Å². The second-order valence-corrected chi connectivity index (χ2v) is 4.87. The lowest BCUT2D eigenvalue weighted by Crippen LogP contribution is -2.26. The van der Waals surface area contributed by atoms with E-state index < -0.39 is 0 Å². The van der Waals surface area contributed by atoms with Crippen molar-refractivity contribution in [2.75, 3.05) is 7.05 Å². The van der Waals surface area contributed by atoms with E-state index in [4.69, 9.17) is 0 Å². The molecule has 0 radical (unpaired) electrons. The molecule has 0 aromatic heterocycles. The first-order valence-electron chi connectivity index (χ1n) is 6.46. The fraction of sp³-hybridized carbons (Fsp3) is 0.235. The molecule has 2 rings (SSSR count). The van der Waals surface area contributed by atoms with Gasteiger partial charge in [0, 0.05) is 7.05 Å². The van der Waals surface area contributed by atoms with Crippen LogP contribution in [0.25, 0.3) is 0 Å². The maximum absolute atomic E-state index is 12.2. The maximum Gasteiger partial charge on any atom is 0.231 e. The van der Waals surface area contributed by atoms with E-state index in [0.29, 0.717) is 0 Å². The Hall–Kier alpha value is -2.09. The molecule has 2 nitrogen and oxygen atoms in total. The number of amides is 1. The van der Waals surface area contributed by atoms with E-state index >= 15 is 0 Å². The number of likely N-dealkylation sites (N-methyl/N-ethyl adjacent to an activating group) is 1. The summed E-state index contributed by atoms with van der Waals surface area (Å²) in [4.78, 5) is 12.2. The maximum atomic E-state index is 12.2. The van der Waals surface area contributed by atoms with Gasteiger partial charge < -0.3 is 5.32 Å². The van der Waals surface area contributed by atoms with Crippen LogP contribution in [-0.4, -0.2) is 13.0 Å². The predicted molar refractivity (Wildman–Crippen MR) is 78.3 cm³/mol. The molecule has 19 heavy (non-hydrogen) atoms. The Labute approximate surface area is 114 Å². The Kier molecular flexibility index (Phi) is 4.00. The Morgan fingerprint density at radius 1 is 0.842 bits per heavy atom. The Morgan fingerprint density at radius 2 is 1.21 bits per heavy atom. The third kappa shape index (κ3) is 3.02. The van der Waals surface area contributed by atoms with Gasteiger partial charge in [-0.25, -0.2) is 0 Å². The fourth-order valence-corrected chi connectivity index (χ4v) is 2.16. The molecular formula is C17H19NO. The standard InChI is InChI=1S/C17H19NO/c1-12-4-8-14(9-5-12)16(17(19)18-3)15-10-6-13(2)7-11-15/h4-11,16H,1-3H3,(H,18,19). The predicted octanol–water partition coefficient (Wildman–Crippen LogP) is 3.18. The first-order valence-corrected chi connectivity index (χ1v) is 6.46. The van der Waals surface area contributed by atoms with Crippen molar-refractivity contribution in [3.8, 4) is 0 Å². The van der Waals surface area contributed by atoms with Gasteiger partial charge in [0.05, 0.1) is 5.92 Å². The molecule has 0 aliphatic carbocycles. The lowest BCUT2D eigenvalue weighted by molar-refractivity contribution is -0.121. The van der Waals surface area contributed by atoms with Crippen LogP contribution in [0.15, 0.2) is 48.5 Å². The number of nitrogens with one attached hydrogen (secondary N) is 1. The van der Waals surface area contributed by atoms with E-state index in [0.717, 1.165) is 11.1 Å². The van der Waals surface area contributed by atoms with Crippen molar-refractivity contribution in [2.24, 2.45) is 0 Å². The molecule has 0 fully saturated rings. The van der Waals surface area contributed by atoms with Crippen molar-refractivity contribution in [3.63, 3.8) is 0 Å². The van der Waals surface area contributed by atoms with Gasteiger partial charge in [-0.15, -0.1) is 0 Å². The van der Waals surface area contributed by atoms with E-state index in [1.54, 1.807) is 7.05 Å². The molecule has 0 bridgehead atoms. The van der Waals surface area contributed by atoms with E-state index in [1.807, 2.05) is 62.4 Å². The van der Waals surface area contributed by atoms with E-state index in [2.05, 4.69) is 5.32 Å². The zero-order chi connectivity index (χ0) is 13.8. The van der Waals surface area contributed by atoms with Crippen LogP contribution in [0, 0.1) is 13.8 Å². The second-order valence-electron chi connectivity index (χ2n) is 4.87. The molecule has 2 aromatic rings. The van der Waals surface area contributed by atoms with Gasteiger partial charge in [-0.1, -0.05) is 59.7 Å². The summed E-state index contributed by atoms with van der Waals surface area (Å²) in [6, 6.07) is 16.3. The molecular weight excluding hydrogens is 234 g/mol. The molecule has 2 heteroatoms. The van der Waals surface area contributed by atoms with Crippen LogP contribution in [0.3, 0.4) is 0 Å². The smallest absolute Gasteiger partial charge is 0.231 e. The average molecular weight is 253 g/mol. The van der Waals surface area contributed by atoms with Crippen LogP contribution >= 0.6 is 0 Å². The lowest BCUT2D eigenvalue weighted by atomic mass is 9.89. The van der Waals surface area contributed by atoms with Crippen LogP contribution in [0.5, 0.6) is 0 Å². The molecule has 0 aliphatic rings. The van der Waals surface area contributed by atoms with Crippen molar-refractivity contribution in [1.82, 2.24) is 5.32 Å². The third-order valence-corrected chi connectivity index (χ3v) is 3.33. The monoisotopic (exact) mass is 253 g/mol. The van der Waals surface area contributed by atoms with Gasteiger partial charge in [-0.3, -0.25) is 4.79 Å². The Morgan fingerprint density at radius 3 is 1.53 bits per heavy atom. The highest BCUT2D eigenvalue weighted by molar-refractivity contribution is 5.86. The minimum atomic E-state index is -0.244. The molecule has 98 valence electrons. The number of carbonyl (C=O) groups excluding carboxylic acids is 1. The highest BCUT2D eigenvalue weighted by atomic mass is 16.1. The van der Waals surface area contributed by atoms with Crippen LogP contribution in [-0.2, 0) is 4.79 Å². The van der Waals surface area contributed by atoms with Crippen molar-refractivity contribution >= 4 is 5.91 Å². The first kappa shape index (κ1) is 13.3. The topological polar surface area (TPSA) is 29.1 Å². The number of aryl methyl sites for hydroxylation is 2. The Bertz CT molecular complexity index is 509. The van der Waals surface area contributed by atoms with Crippen LogP contribution in [0.2, 0.25) is 0 Å². The van der Waals surface area contributed by atoms with Gasteiger partial charge in [-0.2, -0.15) is 0 Å². The molecule has 0 saturated carbocycles. The zero-order valence-electron chi connectivity index (χ0n) is 11.6. The Balaban J connectivity index is 2.44. The number of hydrogen-bond acceptors (Lipinski definition) is 1. The summed E-state index contributed by atoms with van der Waals surface area (Å²) in [5, 5.41) is 2.75. The van der Waals surface area contributed by atoms with Crippen LogP contribution in [0.1, 0.15) is 28.2 Å². The molecule has 1 amide bonds. The van der Waals surface area contributed by atoms with E-state index in [-0.39, 0.29) is 11.8 Å². The van der Waals surface area contributed by atoms with Crippen LogP contribution in [0.4, 0.5) is 0 Å². The highest BCUT2D eigenvalue weighted by Crippen LogP contribution is 2.25. The molecule has 0 atom stereocenters. The van der Waals surface area contributed by atoms with Gasteiger partial charge >= 0.3 is 0 Å². The van der Waals surface area contributed by atoms with Crippen molar-refractivity contribution in [2.45, 2.75) is 19.8 Å². The summed E-state index contributed by atoms with van der Waals surface area (Å²) in [5.74, 6) is -0.223. The number of benzene rings is 2. The quantitative estimate of drug-likeness (QED) is 0.894. The van der Waals surface area contributed by atoms with Crippen molar-refractivity contribution in [1.29, 1.82) is 0 Å². The SMILES string of the molecule is CNC(=O)C(c1ccc(C)cc1)c1ccc(C)cc1. The van der Waals surface area contributed by atoms with E-state index in [9.17, 15) is 4.79 Å². The average Bonchev–Trinajstić information content (AvgIpc) is 2.43. The summed E-state index contributed by atoms with van der Waals surface area (Å²) in [6.45, 7) is 4.09. The van der Waals surface area contributed by atoms with Crippen molar-refractivity contribution < 1.29 is 4.79 Å². The molecule has 0 heterocycles. The minimum Gasteiger partial charge on any atom is -0.358 e. The summed E-state index contributed by atoms with van der Waals surface area (Å²) >= 11 is 0.